The largest absolute Gasteiger partial charge is 0.465 e. The zero-order chi connectivity index (χ0) is 27.5. The first-order valence-corrected chi connectivity index (χ1v) is 14.2. The highest BCUT2D eigenvalue weighted by Gasteiger charge is 2.30. The zero-order valence-corrected chi connectivity index (χ0v) is 22.7. The van der Waals surface area contributed by atoms with Crippen LogP contribution in [0.2, 0.25) is 0 Å². The Bertz CT molecular complexity index is 1280. The van der Waals surface area contributed by atoms with E-state index in [1.807, 2.05) is 0 Å². The molecule has 4 N–H and O–H groups in total. The van der Waals surface area contributed by atoms with E-state index in [-0.39, 0.29) is 23.6 Å². The second-order valence-electron chi connectivity index (χ2n) is 11.3. The third-order valence-electron chi connectivity index (χ3n) is 8.80. The summed E-state index contributed by atoms with van der Waals surface area (Å²) in [5.74, 6) is 5.51. The highest BCUT2D eigenvalue weighted by atomic mass is 16.5. The Hall–Kier alpha value is -3.45. The van der Waals surface area contributed by atoms with E-state index in [4.69, 9.17) is 21.6 Å². The number of carbonyl (C=O) groups is 1. The predicted molar refractivity (Wildman–Crippen MR) is 151 cm³/mol. The van der Waals surface area contributed by atoms with E-state index in [1.165, 1.54) is 6.42 Å². The lowest BCUT2D eigenvalue weighted by Crippen LogP contribution is -2.33. The molecule has 2 aromatic rings. The van der Waals surface area contributed by atoms with E-state index in [2.05, 4.69) is 44.6 Å². The van der Waals surface area contributed by atoms with Crippen molar-refractivity contribution in [2.24, 2.45) is 23.7 Å². The third-order valence-corrected chi connectivity index (χ3v) is 8.80. The number of amidine groups is 1. The summed E-state index contributed by atoms with van der Waals surface area (Å²) in [4.78, 5) is 25.5. The van der Waals surface area contributed by atoms with Crippen LogP contribution in [0, 0.1) is 41.4 Å². The van der Waals surface area contributed by atoms with Gasteiger partial charge in [0.25, 0.3) is 0 Å². The van der Waals surface area contributed by atoms with Crippen LogP contribution in [0.25, 0.3) is 16.7 Å². The van der Waals surface area contributed by atoms with Crippen LogP contribution in [0.4, 0.5) is 10.6 Å². The van der Waals surface area contributed by atoms with Crippen molar-refractivity contribution in [3.05, 3.63) is 18.2 Å². The highest BCUT2D eigenvalue weighted by molar-refractivity contribution is 6.03. The lowest BCUT2D eigenvalue weighted by atomic mass is 9.80. The molecule has 3 heterocycles. The first-order valence-electron chi connectivity index (χ1n) is 14.2. The number of anilines is 1. The molecule has 2 saturated carbocycles. The van der Waals surface area contributed by atoms with Crippen LogP contribution in [0.5, 0.6) is 0 Å². The molecule has 0 spiro atoms. The van der Waals surface area contributed by atoms with E-state index < -0.39 is 6.09 Å². The highest BCUT2D eigenvalue weighted by Crippen LogP contribution is 2.37. The van der Waals surface area contributed by atoms with Gasteiger partial charge in [0, 0.05) is 31.7 Å². The van der Waals surface area contributed by atoms with E-state index in [1.54, 1.807) is 0 Å². The van der Waals surface area contributed by atoms with Crippen LogP contribution in [-0.4, -0.2) is 55.8 Å². The summed E-state index contributed by atoms with van der Waals surface area (Å²) < 4.78 is 7.82. The van der Waals surface area contributed by atoms with Crippen LogP contribution >= 0.6 is 0 Å². The van der Waals surface area contributed by atoms with Crippen LogP contribution in [0.1, 0.15) is 76.4 Å². The van der Waals surface area contributed by atoms with Gasteiger partial charge in [-0.1, -0.05) is 13.0 Å². The van der Waals surface area contributed by atoms with Gasteiger partial charge in [-0.3, -0.25) is 10.7 Å². The number of terminal acetylenes is 1. The number of aromatic nitrogens is 4. The maximum atomic E-state index is 11.3. The molecule has 2 aliphatic carbocycles. The van der Waals surface area contributed by atoms with Gasteiger partial charge in [-0.2, -0.15) is 0 Å². The van der Waals surface area contributed by atoms with E-state index in [0.29, 0.717) is 42.4 Å². The van der Waals surface area contributed by atoms with Crippen molar-refractivity contribution >= 4 is 34.5 Å². The fourth-order valence-electron chi connectivity index (χ4n) is 6.11. The summed E-state index contributed by atoms with van der Waals surface area (Å²) in [6.07, 6.45) is 13.8. The van der Waals surface area contributed by atoms with Crippen molar-refractivity contribution in [3.8, 4) is 12.3 Å². The van der Waals surface area contributed by atoms with Crippen LogP contribution in [0.15, 0.2) is 6.58 Å². The van der Waals surface area contributed by atoms with Crippen LogP contribution in [0.3, 0.4) is 0 Å². The first kappa shape index (κ1) is 27.1. The summed E-state index contributed by atoms with van der Waals surface area (Å²) in [7, 11) is 0. The zero-order valence-electron chi connectivity index (χ0n) is 22.7. The molecule has 1 aliphatic heterocycles. The van der Waals surface area contributed by atoms with E-state index in [0.717, 1.165) is 74.8 Å². The van der Waals surface area contributed by atoms with Crippen molar-refractivity contribution in [3.63, 3.8) is 0 Å². The number of amides is 1. The van der Waals surface area contributed by atoms with Gasteiger partial charge in [-0.15, -0.1) is 12.3 Å². The molecule has 1 saturated heterocycles. The average Bonchev–Trinajstić information content (AvgIpc) is 3.26. The summed E-state index contributed by atoms with van der Waals surface area (Å²) in [5.41, 5.74) is 2.20. The molecule has 2 aromatic heterocycles. The number of ether oxygens (including phenoxy) is 1. The number of carboxylic acid groups (broad SMARTS) is 1. The molecule has 0 unspecified atom stereocenters. The molecule has 208 valence electrons. The molecule has 1 atom stereocenters. The standard InChI is InChI=1S/C29H39N7O3/c1-4-19-8-10-20(11-9-19)16-36-23-25(31-18(3)22-6-5-7-22)33-27(24(30)32-29(37)38)34-26(23)35-28(36)17(2)21-12-14-39-15-13-21/h1,18-22H,2,5-16H2,3H3,(H2,30,32)(H,37,38)(H,31,33,34)/t18-,19-,20-/m1/s1. The molecule has 5 rings (SSSR count). The van der Waals surface area contributed by atoms with Crippen molar-refractivity contribution in [1.29, 1.82) is 5.41 Å². The van der Waals surface area contributed by atoms with Crippen LogP contribution < -0.4 is 10.6 Å². The van der Waals surface area contributed by atoms with Crippen molar-refractivity contribution in [1.82, 2.24) is 24.8 Å². The molecule has 39 heavy (non-hydrogen) atoms. The Kier molecular flexibility index (Phi) is 8.17. The number of nitrogens with one attached hydrogen (secondary N) is 3. The molecule has 0 aromatic carbocycles. The van der Waals surface area contributed by atoms with Gasteiger partial charge >= 0.3 is 6.09 Å². The van der Waals surface area contributed by atoms with Gasteiger partial charge in [0.05, 0.1) is 0 Å². The minimum atomic E-state index is -1.33. The van der Waals surface area contributed by atoms with Crippen molar-refractivity contribution in [2.45, 2.75) is 77.3 Å². The second kappa shape index (κ2) is 11.7. The van der Waals surface area contributed by atoms with Crippen molar-refractivity contribution in [2.75, 3.05) is 18.5 Å². The molecule has 0 radical (unpaired) electrons. The Morgan fingerprint density at radius 1 is 1.18 bits per heavy atom. The van der Waals surface area contributed by atoms with Gasteiger partial charge in [0.15, 0.2) is 23.1 Å². The van der Waals surface area contributed by atoms with Gasteiger partial charge < -0.3 is 19.7 Å². The monoisotopic (exact) mass is 533 g/mol. The number of allylic oxidation sites excluding steroid dienone is 1. The molecular formula is C29H39N7O3. The smallest absolute Gasteiger partial charge is 0.410 e. The number of imidazole rings is 1. The number of hydrogen-bond acceptors (Lipinski definition) is 7. The van der Waals surface area contributed by atoms with Crippen molar-refractivity contribution < 1.29 is 14.6 Å². The molecule has 0 bridgehead atoms. The maximum absolute atomic E-state index is 11.3. The fourth-order valence-corrected chi connectivity index (χ4v) is 6.11. The number of rotatable bonds is 8. The Labute approximate surface area is 229 Å². The average molecular weight is 534 g/mol. The number of hydrogen-bond donors (Lipinski definition) is 4. The van der Waals surface area contributed by atoms with Gasteiger partial charge in [0.1, 0.15) is 11.3 Å². The summed E-state index contributed by atoms with van der Waals surface area (Å²) in [6, 6.07) is 0.169. The predicted octanol–water partition coefficient (Wildman–Crippen LogP) is 4.90. The second-order valence-corrected chi connectivity index (χ2v) is 11.3. The Morgan fingerprint density at radius 3 is 2.51 bits per heavy atom. The lowest BCUT2D eigenvalue weighted by molar-refractivity contribution is 0.0806. The quantitative estimate of drug-likeness (QED) is 0.215. The fraction of sp³-hybridized carbons (Fsp3) is 0.621. The minimum absolute atomic E-state index is 0.00406. The topological polar surface area (TPSA) is 138 Å². The first-order chi connectivity index (χ1) is 18.8. The van der Waals surface area contributed by atoms with E-state index in [9.17, 15) is 9.90 Å². The Balaban J connectivity index is 1.59. The van der Waals surface area contributed by atoms with Crippen LogP contribution in [-0.2, 0) is 11.3 Å². The third kappa shape index (κ3) is 5.93. The molecule has 3 aliphatic rings. The Morgan fingerprint density at radius 2 is 1.90 bits per heavy atom. The summed E-state index contributed by atoms with van der Waals surface area (Å²) in [6.45, 7) is 8.81. The molecular weight excluding hydrogens is 494 g/mol. The van der Waals surface area contributed by atoms with Gasteiger partial charge in [-0.25, -0.2) is 19.7 Å². The molecule has 1 amide bonds. The van der Waals surface area contributed by atoms with Gasteiger partial charge in [0.2, 0.25) is 0 Å². The minimum Gasteiger partial charge on any atom is -0.465 e. The number of nitrogens with zero attached hydrogens (tertiary/aromatic N) is 4. The van der Waals surface area contributed by atoms with E-state index >= 15 is 0 Å². The number of fused-ring (bicyclic) bond motifs is 1. The maximum Gasteiger partial charge on any atom is 0.410 e. The summed E-state index contributed by atoms with van der Waals surface area (Å²) >= 11 is 0. The lowest BCUT2D eigenvalue weighted by Gasteiger charge is -2.32. The molecule has 3 fully saturated rings. The molecule has 10 heteroatoms. The molecule has 10 nitrogen and oxygen atoms in total. The van der Waals surface area contributed by atoms with Gasteiger partial charge in [-0.05, 0) is 81.6 Å². The summed E-state index contributed by atoms with van der Waals surface area (Å²) in [5, 5.41) is 23.1. The SMILES string of the molecule is C#C[C@H]1CC[C@H](Cn2c(C(=C)C3CCOCC3)nc3nc(C(=N)NC(=O)O)nc(N[C@H](C)C4CCC4)c32)CC1. The normalized spacial score (nSPS) is 23.0.